The molecule has 0 bridgehead atoms. The standard InChI is InChI=1S/C10H10ClN3O2S2/c1-6-4-9-8(5-7(6)11)17-10-13-12-2-3-14(10)18(9,15)16/h4-5,12H,2-3H2,1H3. The minimum Gasteiger partial charge on any atom is -0.306 e. The number of hydrogen-bond acceptors (Lipinski definition) is 5. The maximum Gasteiger partial charge on any atom is 0.267 e. The first kappa shape index (κ1) is 12.1. The van der Waals surface area contributed by atoms with Crippen molar-refractivity contribution in [2.45, 2.75) is 16.7 Å². The monoisotopic (exact) mass is 303 g/mol. The zero-order chi connectivity index (χ0) is 12.9. The Bertz CT molecular complexity index is 657. The van der Waals surface area contributed by atoms with E-state index >= 15 is 0 Å². The van der Waals surface area contributed by atoms with Crippen LogP contribution in [0.4, 0.5) is 0 Å². The van der Waals surface area contributed by atoms with Gasteiger partial charge in [0.25, 0.3) is 10.0 Å². The van der Waals surface area contributed by atoms with E-state index in [1.807, 2.05) is 0 Å². The van der Waals surface area contributed by atoms with Crippen molar-refractivity contribution in [3.8, 4) is 0 Å². The molecule has 0 saturated heterocycles. The third-order valence-electron chi connectivity index (χ3n) is 2.81. The van der Waals surface area contributed by atoms with Crippen LogP contribution >= 0.6 is 23.4 Å². The molecule has 1 aromatic rings. The molecule has 5 nitrogen and oxygen atoms in total. The molecule has 0 fully saturated rings. The average molecular weight is 304 g/mol. The van der Waals surface area contributed by atoms with Gasteiger partial charge in [0.15, 0.2) is 0 Å². The average Bonchev–Trinajstić information content (AvgIpc) is 2.33. The van der Waals surface area contributed by atoms with Gasteiger partial charge in [0, 0.05) is 9.92 Å². The molecule has 2 heterocycles. The molecule has 96 valence electrons. The van der Waals surface area contributed by atoms with Gasteiger partial charge in [-0.05, 0) is 36.4 Å². The Hall–Kier alpha value is -0.920. The first-order valence-corrected chi connectivity index (χ1v) is 7.95. The lowest BCUT2D eigenvalue weighted by atomic mass is 10.2. The van der Waals surface area contributed by atoms with E-state index in [-0.39, 0.29) is 0 Å². The topological polar surface area (TPSA) is 61.8 Å². The van der Waals surface area contributed by atoms with E-state index in [9.17, 15) is 8.42 Å². The second-order valence-electron chi connectivity index (χ2n) is 4.03. The number of aryl methyl sites for hydroxylation is 1. The molecule has 18 heavy (non-hydrogen) atoms. The predicted octanol–water partition coefficient (Wildman–Crippen LogP) is 1.62. The second kappa shape index (κ2) is 4.04. The fourth-order valence-corrected chi connectivity index (χ4v) is 5.22. The highest BCUT2D eigenvalue weighted by atomic mass is 35.5. The summed E-state index contributed by atoms with van der Waals surface area (Å²) in [7, 11) is -3.50. The zero-order valence-corrected chi connectivity index (χ0v) is 11.9. The van der Waals surface area contributed by atoms with Gasteiger partial charge in [0.05, 0.1) is 13.1 Å². The fraction of sp³-hybridized carbons (Fsp3) is 0.300. The normalized spacial score (nSPS) is 20.6. The summed E-state index contributed by atoms with van der Waals surface area (Å²) in [5, 5.41) is 5.05. The van der Waals surface area contributed by atoms with Gasteiger partial charge in [0.2, 0.25) is 5.17 Å². The molecule has 0 aromatic heterocycles. The highest BCUT2D eigenvalue weighted by Gasteiger charge is 2.37. The lowest BCUT2D eigenvalue weighted by Gasteiger charge is -2.32. The summed E-state index contributed by atoms with van der Waals surface area (Å²) in [6, 6.07) is 3.31. The van der Waals surface area contributed by atoms with Gasteiger partial charge in [-0.1, -0.05) is 11.6 Å². The van der Waals surface area contributed by atoms with Crippen LogP contribution in [0.3, 0.4) is 0 Å². The molecule has 1 N–H and O–H groups in total. The number of fused-ring (bicyclic) bond motifs is 2. The highest BCUT2D eigenvalue weighted by molar-refractivity contribution is 8.16. The van der Waals surface area contributed by atoms with Crippen molar-refractivity contribution >= 4 is 38.6 Å². The Morgan fingerprint density at radius 2 is 2.28 bits per heavy atom. The van der Waals surface area contributed by atoms with Crippen LogP contribution in [0, 0.1) is 6.92 Å². The molecule has 0 spiro atoms. The van der Waals surface area contributed by atoms with Crippen LogP contribution in [0.2, 0.25) is 5.02 Å². The largest absolute Gasteiger partial charge is 0.306 e. The van der Waals surface area contributed by atoms with Gasteiger partial charge in [0.1, 0.15) is 4.90 Å². The number of nitrogens with zero attached hydrogens (tertiary/aromatic N) is 2. The summed E-state index contributed by atoms with van der Waals surface area (Å²) in [6.07, 6.45) is 0. The first-order valence-electron chi connectivity index (χ1n) is 5.31. The Balaban J connectivity index is 2.25. The molecule has 2 aliphatic rings. The number of hydrogen-bond donors (Lipinski definition) is 1. The van der Waals surface area contributed by atoms with Crippen LogP contribution in [0.25, 0.3) is 0 Å². The molecule has 0 atom stereocenters. The maximum absolute atomic E-state index is 12.5. The van der Waals surface area contributed by atoms with Crippen LogP contribution in [0.1, 0.15) is 5.56 Å². The second-order valence-corrected chi connectivity index (χ2v) is 7.28. The van der Waals surface area contributed by atoms with E-state index in [0.29, 0.717) is 33.1 Å². The van der Waals surface area contributed by atoms with E-state index in [1.54, 1.807) is 19.1 Å². The van der Waals surface area contributed by atoms with Crippen molar-refractivity contribution in [2.24, 2.45) is 5.10 Å². The Morgan fingerprint density at radius 1 is 1.50 bits per heavy atom. The van der Waals surface area contributed by atoms with E-state index in [4.69, 9.17) is 11.6 Å². The van der Waals surface area contributed by atoms with Crippen molar-refractivity contribution in [3.05, 3.63) is 22.7 Å². The van der Waals surface area contributed by atoms with Crippen molar-refractivity contribution < 1.29 is 8.42 Å². The van der Waals surface area contributed by atoms with Crippen LogP contribution in [-0.2, 0) is 10.0 Å². The highest BCUT2D eigenvalue weighted by Crippen LogP contribution is 2.40. The molecule has 2 aliphatic heterocycles. The number of halogens is 1. The van der Waals surface area contributed by atoms with E-state index in [0.717, 1.165) is 5.56 Å². The molecule has 0 saturated carbocycles. The van der Waals surface area contributed by atoms with Crippen molar-refractivity contribution in [3.63, 3.8) is 0 Å². The fourth-order valence-electron chi connectivity index (χ4n) is 1.86. The molecule has 0 aliphatic carbocycles. The Morgan fingerprint density at radius 3 is 3.06 bits per heavy atom. The number of thioether (sulfide) groups is 1. The minimum atomic E-state index is -3.50. The summed E-state index contributed by atoms with van der Waals surface area (Å²) >= 11 is 7.35. The molecule has 3 rings (SSSR count). The molecule has 1 aromatic carbocycles. The summed E-state index contributed by atoms with van der Waals surface area (Å²) in [5.41, 5.74) is 3.57. The van der Waals surface area contributed by atoms with Crippen LogP contribution < -0.4 is 5.43 Å². The van der Waals surface area contributed by atoms with E-state index < -0.39 is 10.0 Å². The van der Waals surface area contributed by atoms with Gasteiger partial charge in [-0.25, -0.2) is 12.7 Å². The minimum absolute atomic E-state index is 0.315. The van der Waals surface area contributed by atoms with Gasteiger partial charge in [-0.15, -0.1) is 0 Å². The SMILES string of the molecule is Cc1cc2c(cc1Cl)SC1=NNCCN1S2(=O)=O. The van der Waals surface area contributed by atoms with Crippen molar-refractivity contribution in [1.82, 2.24) is 9.73 Å². The van der Waals surface area contributed by atoms with Gasteiger partial charge >= 0.3 is 0 Å². The van der Waals surface area contributed by atoms with Crippen molar-refractivity contribution in [1.29, 1.82) is 0 Å². The lowest BCUT2D eigenvalue weighted by Crippen LogP contribution is -2.45. The lowest BCUT2D eigenvalue weighted by molar-refractivity contribution is 0.490. The molecule has 8 heteroatoms. The summed E-state index contributed by atoms with van der Waals surface area (Å²) in [4.78, 5) is 0.944. The summed E-state index contributed by atoms with van der Waals surface area (Å²) in [5.74, 6) is 0. The molecular formula is C10H10ClN3O2S2. The smallest absolute Gasteiger partial charge is 0.267 e. The van der Waals surface area contributed by atoms with Crippen LogP contribution in [-0.4, -0.2) is 31.0 Å². The van der Waals surface area contributed by atoms with Crippen molar-refractivity contribution in [2.75, 3.05) is 13.1 Å². The molecule has 0 unspecified atom stereocenters. The summed E-state index contributed by atoms with van der Waals surface area (Å²) < 4.78 is 26.3. The summed E-state index contributed by atoms with van der Waals surface area (Å²) in [6.45, 7) is 2.71. The maximum atomic E-state index is 12.5. The van der Waals surface area contributed by atoms with Gasteiger partial charge in [-0.3, -0.25) is 0 Å². The number of rotatable bonds is 0. The third kappa shape index (κ3) is 1.69. The third-order valence-corrected chi connectivity index (χ3v) is 6.34. The predicted molar refractivity (Wildman–Crippen MR) is 71.4 cm³/mol. The van der Waals surface area contributed by atoms with Crippen LogP contribution in [0.5, 0.6) is 0 Å². The molecule has 0 amide bonds. The zero-order valence-electron chi connectivity index (χ0n) is 9.47. The Kier molecular flexibility index (Phi) is 2.72. The van der Waals surface area contributed by atoms with Crippen LogP contribution in [0.15, 0.2) is 27.0 Å². The Labute approximate surface area is 114 Å². The van der Waals surface area contributed by atoms with Gasteiger partial charge in [-0.2, -0.15) is 5.10 Å². The van der Waals surface area contributed by atoms with E-state index in [2.05, 4.69) is 10.5 Å². The quantitative estimate of drug-likeness (QED) is 0.791. The molecular weight excluding hydrogens is 294 g/mol. The number of hydrazone groups is 1. The number of nitrogens with one attached hydrogen (secondary N) is 1. The first-order chi connectivity index (χ1) is 8.50. The van der Waals surface area contributed by atoms with Gasteiger partial charge < -0.3 is 5.43 Å². The number of amidine groups is 1. The number of sulfonamides is 1. The van der Waals surface area contributed by atoms with E-state index in [1.165, 1.54) is 16.1 Å². The number of benzene rings is 1. The molecule has 0 radical (unpaired) electrons.